The van der Waals surface area contributed by atoms with Crippen molar-refractivity contribution in [3.8, 4) is 0 Å². The highest BCUT2D eigenvalue weighted by Gasteiger charge is 2.67. The molecule has 146 valence electrons. The summed E-state index contributed by atoms with van der Waals surface area (Å²) in [6.07, 6.45) is 5.20. The number of likely N-dealkylation sites (tertiary alicyclic amines) is 1. The molecule has 1 aromatic rings. The van der Waals surface area contributed by atoms with Gasteiger partial charge in [-0.05, 0) is 6.92 Å². The first-order valence-corrected chi connectivity index (χ1v) is 9.27. The third kappa shape index (κ3) is 2.76. The largest absolute Gasteiger partial charge is 0.383 e. The fourth-order valence-electron chi connectivity index (χ4n) is 4.46. The maximum atomic E-state index is 13.2. The van der Waals surface area contributed by atoms with Crippen molar-refractivity contribution in [2.45, 2.75) is 31.7 Å². The standard InChI is InChI=1S/C18H25N5O4/c1-4-22-11-19-20-13(22)9-21(2)16(24)14-12-5-6-18(27-12)10-23(7-8-26-3)17(25)15(14)18/h5-6,11-12,14-15H,4,7-10H2,1-3H3/t12-,14?,15?,18-/m0/s1. The predicted molar refractivity (Wildman–Crippen MR) is 94.4 cm³/mol. The highest BCUT2D eigenvalue weighted by atomic mass is 16.5. The summed E-state index contributed by atoms with van der Waals surface area (Å²) in [5.74, 6) is -0.366. The van der Waals surface area contributed by atoms with E-state index in [4.69, 9.17) is 9.47 Å². The van der Waals surface area contributed by atoms with E-state index in [0.29, 0.717) is 26.2 Å². The van der Waals surface area contributed by atoms with Crippen LogP contribution in [0.5, 0.6) is 0 Å². The summed E-state index contributed by atoms with van der Waals surface area (Å²) >= 11 is 0. The molecule has 4 rings (SSSR count). The van der Waals surface area contributed by atoms with E-state index >= 15 is 0 Å². The number of methoxy groups -OCH3 is 1. The average Bonchev–Trinajstić information content (AvgIpc) is 3.40. The number of carbonyl (C=O) groups excluding carboxylic acids is 2. The molecule has 0 aromatic carbocycles. The number of amides is 2. The summed E-state index contributed by atoms with van der Waals surface area (Å²) in [5, 5.41) is 8.00. The van der Waals surface area contributed by atoms with Gasteiger partial charge in [0.05, 0.1) is 37.6 Å². The van der Waals surface area contributed by atoms with Gasteiger partial charge in [-0.2, -0.15) is 0 Å². The number of aryl methyl sites for hydroxylation is 1. The monoisotopic (exact) mass is 375 g/mol. The van der Waals surface area contributed by atoms with Crippen LogP contribution in [0.4, 0.5) is 0 Å². The number of fused-ring (bicyclic) bond motifs is 1. The molecule has 0 radical (unpaired) electrons. The number of hydrogen-bond acceptors (Lipinski definition) is 6. The highest BCUT2D eigenvalue weighted by Crippen LogP contribution is 2.52. The molecule has 2 fully saturated rings. The number of rotatable bonds is 7. The Bertz CT molecular complexity index is 778. The number of carbonyl (C=O) groups is 2. The molecule has 0 aliphatic carbocycles. The molecule has 0 saturated carbocycles. The molecule has 1 spiro atoms. The number of nitrogens with zero attached hydrogens (tertiary/aromatic N) is 5. The van der Waals surface area contributed by atoms with Crippen molar-refractivity contribution in [1.29, 1.82) is 0 Å². The molecule has 3 aliphatic heterocycles. The lowest BCUT2D eigenvalue weighted by Crippen LogP contribution is -2.44. The van der Waals surface area contributed by atoms with Crippen molar-refractivity contribution in [2.75, 3.05) is 33.9 Å². The summed E-state index contributed by atoms with van der Waals surface area (Å²) in [6.45, 7) is 4.53. The van der Waals surface area contributed by atoms with Crippen LogP contribution in [-0.4, -0.2) is 81.9 Å². The first kappa shape index (κ1) is 18.1. The van der Waals surface area contributed by atoms with Crippen molar-refractivity contribution in [1.82, 2.24) is 24.6 Å². The minimum absolute atomic E-state index is 0.0256. The van der Waals surface area contributed by atoms with Crippen LogP contribution in [0.25, 0.3) is 0 Å². The third-order valence-electron chi connectivity index (χ3n) is 5.82. The van der Waals surface area contributed by atoms with Gasteiger partial charge in [0, 0.05) is 27.2 Å². The first-order chi connectivity index (χ1) is 13.0. The Morgan fingerprint density at radius 3 is 3.07 bits per heavy atom. The second-order valence-corrected chi connectivity index (χ2v) is 7.38. The molecule has 2 amide bonds. The summed E-state index contributed by atoms with van der Waals surface area (Å²) < 4.78 is 13.1. The van der Waals surface area contributed by atoms with Gasteiger partial charge in [0.25, 0.3) is 0 Å². The van der Waals surface area contributed by atoms with Crippen molar-refractivity contribution in [2.24, 2.45) is 11.8 Å². The van der Waals surface area contributed by atoms with Crippen molar-refractivity contribution in [3.05, 3.63) is 24.3 Å². The Kier molecular flexibility index (Phi) is 4.51. The number of ether oxygens (including phenoxy) is 2. The second-order valence-electron chi connectivity index (χ2n) is 7.38. The summed E-state index contributed by atoms with van der Waals surface area (Å²) in [6, 6.07) is 0. The summed E-state index contributed by atoms with van der Waals surface area (Å²) in [5.41, 5.74) is -0.680. The zero-order chi connectivity index (χ0) is 19.2. The lowest BCUT2D eigenvalue weighted by atomic mass is 9.76. The molecule has 4 heterocycles. The first-order valence-electron chi connectivity index (χ1n) is 9.27. The van der Waals surface area contributed by atoms with E-state index in [1.807, 2.05) is 23.6 Å². The smallest absolute Gasteiger partial charge is 0.230 e. The zero-order valence-electron chi connectivity index (χ0n) is 15.9. The Morgan fingerprint density at radius 1 is 1.52 bits per heavy atom. The SMILES string of the molecule is CCn1cnnc1CN(C)C(=O)C1C2C(=O)N(CCOC)C[C@@]23C=C[C@@H]1O3. The Hall–Kier alpha value is -2.26. The normalized spacial score (nSPS) is 31.0. The Balaban J connectivity index is 1.52. The molecule has 9 heteroatoms. The van der Waals surface area contributed by atoms with Crippen LogP contribution in [0.1, 0.15) is 12.7 Å². The van der Waals surface area contributed by atoms with Gasteiger partial charge in [-0.3, -0.25) is 9.59 Å². The van der Waals surface area contributed by atoms with E-state index in [9.17, 15) is 9.59 Å². The number of hydrogen-bond donors (Lipinski definition) is 0. The van der Waals surface area contributed by atoms with E-state index in [1.165, 1.54) is 0 Å². The fourth-order valence-corrected chi connectivity index (χ4v) is 4.46. The van der Waals surface area contributed by atoms with Crippen LogP contribution in [0.3, 0.4) is 0 Å². The molecule has 9 nitrogen and oxygen atoms in total. The van der Waals surface area contributed by atoms with Crippen LogP contribution in [0, 0.1) is 11.8 Å². The van der Waals surface area contributed by atoms with Gasteiger partial charge in [0.2, 0.25) is 11.8 Å². The maximum Gasteiger partial charge on any atom is 0.230 e. The maximum absolute atomic E-state index is 13.2. The minimum Gasteiger partial charge on any atom is -0.383 e. The van der Waals surface area contributed by atoms with Gasteiger partial charge in [0.1, 0.15) is 11.9 Å². The molecule has 2 saturated heterocycles. The van der Waals surface area contributed by atoms with Crippen LogP contribution >= 0.6 is 0 Å². The van der Waals surface area contributed by atoms with Crippen molar-refractivity contribution in [3.63, 3.8) is 0 Å². The van der Waals surface area contributed by atoms with Crippen molar-refractivity contribution >= 4 is 11.8 Å². The van der Waals surface area contributed by atoms with Gasteiger partial charge in [-0.25, -0.2) is 0 Å². The molecular weight excluding hydrogens is 350 g/mol. The Morgan fingerprint density at radius 2 is 2.33 bits per heavy atom. The predicted octanol–water partition coefficient (Wildman–Crippen LogP) is -0.315. The van der Waals surface area contributed by atoms with Crippen LogP contribution in [0.15, 0.2) is 18.5 Å². The molecule has 0 N–H and O–H groups in total. The van der Waals surface area contributed by atoms with E-state index in [-0.39, 0.29) is 17.9 Å². The van der Waals surface area contributed by atoms with Crippen LogP contribution < -0.4 is 0 Å². The van der Waals surface area contributed by atoms with Crippen molar-refractivity contribution < 1.29 is 19.1 Å². The quantitative estimate of drug-likeness (QED) is 0.607. The summed E-state index contributed by atoms with van der Waals surface area (Å²) in [4.78, 5) is 29.6. The van der Waals surface area contributed by atoms with Gasteiger partial charge >= 0.3 is 0 Å². The van der Waals surface area contributed by atoms with E-state index in [2.05, 4.69) is 10.2 Å². The van der Waals surface area contributed by atoms with Gasteiger partial charge in [-0.15, -0.1) is 10.2 Å². The average molecular weight is 375 g/mol. The third-order valence-corrected chi connectivity index (χ3v) is 5.82. The summed E-state index contributed by atoms with van der Waals surface area (Å²) in [7, 11) is 3.35. The molecule has 2 unspecified atom stereocenters. The lowest BCUT2D eigenvalue weighted by Gasteiger charge is -2.27. The molecule has 2 bridgehead atoms. The lowest BCUT2D eigenvalue weighted by molar-refractivity contribution is -0.143. The molecule has 27 heavy (non-hydrogen) atoms. The van der Waals surface area contributed by atoms with Gasteiger partial charge in [-0.1, -0.05) is 12.2 Å². The second kappa shape index (κ2) is 6.72. The fraction of sp³-hybridized carbons (Fsp3) is 0.667. The van der Waals surface area contributed by atoms with Gasteiger partial charge < -0.3 is 23.8 Å². The number of aromatic nitrogens is 3. The molecular formula is C18H25N5O4. The van der Waals surface area contributed by atoms with E-state index in [1.54, 1.807) is 30.3 Å². The minimum atomic E-state index is -0.680. The van der Waals surface area contributed by atoms with Crippen LogP contribution in [-0.2, 0) is 32.2 Å². The molecule has 4 atom stereocenters. The molecule has 1 aromatic heterocycles. The molecule has 3 aliphatic rings. The van der Waals surface area contributed by atoms with Gasteiger partial charge in [0.15, 0.2) is 5.82 Å². The van der Waals surface area contributed by atoms with E-state index in [0.717, 1.165) is 12.4 Å². The zero-order valence-corrected chi connectivity index (χ0v) is 15.9. The van der Waals surface area contributed by atoms with Crippen LogP contribution in [0.2, 0.25) is 0 Å². The van der Waals surface area contributed by atoms with E-state index < -0.39 is 17.4 Å². The topological polar surface area (TPSA) is 89.8 Å². The Labute approximate surface area is 157 Å². The highest BCUT2D eigenvalue weighted by molar-refractivity contribution is 5.92.